The number of hydrazine groups is 1. The average molecular weight is 375 g/mol. The number of carbonyl (C=O) groups excluding carboxylic acids is 2. The van der Waals surface area contributed by atoms with E-state index < -0.39 is 5.91 Å². The Hall–Kier alpha value is -2.54. The summed E-state index contributed by atoms with van der Waals surface area (Å²) in [6.45, 7) is 2.05. The van der Waals surface area contributed by atoms with Crippen molar-refractivity contribution in [2.24, 2.45) is 0 Å². The number of hydrogen-bond donors (Lipinski definition) is 3. The van der Waals surface area contributed by atoms with Crippen molar-refractivity contribution in [3.05, 3.63) is 58.5 Å². The lowest BCUT2D eigenvalue weighted by Gasteiger charge is -2.10. The second-order valence-electron chi connectivity index (χ2n) is 5.09. The summed E-state index contributed by atoms with van der Waals surface area (Å²) in [6, 6.07) is 11.2. The molecule has 7 heteroatoms. The molecule has 1 aromatic carbocycles. The Kier molecular flexibility index (Phi) is 4.20. The van der Waals surface area contributed by atoms with Crippen LogP contribution < -0.4 is 10.9 Å². The number of hydrogen-bond acceptors (Lipinski definition) is 2. The minimum Gasteiger partial charge on any atom is -0.357 e. The molecule has 0 radical (unpaired) electrons. The van der Waals surface area contributed by atoms with Gasteiger partial charge in [0.2, 0.25) is 0 Å². The van der Waals surface area contributed by atoms with Crippen LogP contribution in [0.3, 0.4) is 0 Å². The van der Waals surface area contributed by atoms with E-state index in [1.165, 1.54) is 0 Å². The molecule has 2 heterocycles. The molecule has 0 aliphatic heterocycles. The maximum atomic E-state index is 12.1. The van der Waals surface area contributed by atoms with Crippen LogP contribution in [0.15, 0.2) is 47.1 Å². The predicted octanol–water partition coefficient (Wildman–Crippen LogP) is 2.50. The van der Waals surface area contributed by atoms with Gasteiger partial charge in [-0.1, -0.05) is 18.2 Å². The van der Waals surface area contributed by atoms with Gasteiger partial charge in [-0.15, -0.1) is 0 Å². The molecule has 6 nitrogen and oxygen atoms in total. The standard InChI is InChI=1S/C16H15BrN4O2/c1-10-15(17)11-5-2-3-7-13(11)21(10)9-14(22)19-20-16(23)12-6-4-8-18-12/h2-8,18H,9H2,1H3,(H,19,22)(H,20,23). The summed E-state index contributed by atoms with van der Waals surface area (Å²) in [5, 5.41) is 1.05. The zero-order valence-corrected chi connectivity index (χ0v) is 14.0. The normalized spacial score (nSPS) is 10.7. The molecule has 0 saturated carbocycles. The zero-order chi connectivity index (χ0) is 16.4. The highest BCUT2D eigenvalue weighted by Gasteiger charge is 2.14. The lowest BCUT2D eigenvalue weighted by molar-refractivity contribution is -0.122. The van der Waals surface area contributed by atoms with Gasteiger partial charge < -0.3 is 9.55 Å². The monoisotopic (exact) mass is 374 g/mol. The Balaban J connectivity index is 1.71. The minimum absolute atomic E-state index is 0.114. The summed E-state index contributed by atoms with van der Waals surface area (Å²) in [4.78, 5) is 26.7. The van der Waals surface area contributed by atoms with Crippen LogP contribution in [0, 0.1) is 6.92 Å². The quantitative estimate of drug-likeness (QED) is 0.615. The Morgan fingerprint density at radius 1 is 1.17 bits per heavy atom. The molecule has 3 rings (SSSR count). The number of halogens is 1. The zero-order valence-electron chi connectivity index (χ0n) is 12.4. The van der Waals surface area contributed by atoms with Crippen molar-refractivity contribution in [2.75, 3.05) is 0 Å². The second kappa shape index (κ2) is 6.29. The molecule has 0 spiro atoms. The number of aromatic nitrogens is 2. The molecule has 2 amide bonds. The predicted molar refractivity (Wildman–Crippen MR) is 90.8 cm³/mol. The van der Waals surface area contributed by atoms with Crippen molar-refractivity contribution in [1.29, 1.82) is 0 Å². The molecule has 0 saturated heterocycles. The molecule has 0 bridgehead atoms. The molecule has 0 aliphatic rings. The highest BCUT2D eigenvalue weighted by molar-refractivity contribution is 9.10. The van der Waals surface area contributed by atoms with Gasteiger partial charge in [0, 0.05) is 27.3 Å². The topological polar surface area (TPSA) is 78.9 Å². The number of aromatic amines is 1. The van der Waals surface area contributed by atoms with Crippen LogP contribution in [0.25, 0.3) is 10.9 Å². The third-order valence-corrected chi connectivity index (χ3v) is 4.61. The third-order valence-electron chi connectivity index (χ3n) is 3.61. The van der Waals surface area contributed by atoms with Crippen molar-refractivity contribution in [1.82, 2.24) is 20.4 Å². The lowest BCUT2D eigenvalue weighted by atomic mass is 10.2. The van der Waals surface area contributed by atoms with E-state index >= 15 is 0 Å². The van der Waals surface area contributed by atoms with Gasteiger partial charge in [0.25, 0.3) is 11.8 Å². The molecule has 3 aromatic rings. The molecule has 0 atom stereocenters. The number of nitrogens with one attached hydrogen (secondary N) is 3. The summed E-state index contributed by atoms with van der Waals surface area (Å²) >= 11 is 3.55. The number of H-pyrrole nitrogens is 1. The van der Waals surface area contributed by atoms with Crippen LogP contribution >= 0.6 is 15.9 Å². The van der Waals surface area contributed by atoms with Crippen LogP contribution in [0.2, 0.25) is 0 Å². The van der Waals surface area contributed by atoms with Gasteiger partial charge in [-0.05, 0) is 41.1 Å². The van der Waals surface area contributed by atoms with E-state index in [1.54, 1.807) is 18.3 Å². The average Bonchev–Trinajstić information content (AvgIpc) is 3.17. The van der Waals surface area contributed by atoms with Gasteiger partial charge in [-0.3, -0.25) is 20.4 Å². The fourth-order valence-corrected chi connectivity index (χ4v) is 2.99. The van der Waals surface area contributed by atoms with E-state index in [0.717, 1.165) is 21.1 Å². The first-order chi connectivity index (χ1) is 11.1. The number of benzene rings is 1. The van der Waals surface area contributed by atoms with E-state index in [2.05, 4.69) is 31.8 Å². The van der Waals surface area contributed by atoms with Gasteiger partial charge >= 0.3 is 0 Å². The van der Waals surface area contributed by atoms with Crippen LogP contribution in [-0.4, -0.2) is 21.4 Å². The molecular formula is C16H15BrN4O2. The van der Waals surface area contributed by atoms with Gasteiger partial charge in [-0.2, -0.15) is 0 Å². The summed E-state index contributed by atoms with van der Waals surface area (Å²) in [5.41, 5.74) is 7.11. The molecule has 0 aliphatic carbocycles. The summed E-state index contributed by atoms with van der Waals surface area (Å²) < 4.78 is 2.87. The smallest absolute Gasteiger partial charge is 0.286 e. The van der Waals surface area contributed by atoms with E-state index in [1.807, 2.05) is 35.8 Å². The van der Waals surface area contributed by atoms with E-state index in [-0.39, 0.29) is 12.5 Å². The number of para-hydroxylation sites is 1. The molecule has 118 valence electrons. The maximum Gasteiger partial charge on any atom is 0.286 e. The van der Waals surface area contributed by atoms with Crippen LogP contribution in [-0.2, 0) is 11.3 Å². The first kappa shape index (κ1) is 15.4. The third kappa shape index (κ3) is 3.00. The fraction of sp³-hybridized carbons (Fsp3) is 0.125. The largest absolute Gasteiger partial charge is 0.357 e. The van der Waals surface area contributed by atoms with Crippen molar-refractivity contribution < 1.29 is 9.59 Å². The molecular weight excluding hydrogens is 360 g/mol. The van der Waals surface area contributed by atoms with Crippen molar-refractivity contribution in [3.8, 4) is 0 Å². The maximum absolute atomic E-state index is 12.1. The molecule has 23 heavy (non-hydrogen) atoms. The Morgan fingerprint density at radius 2 is 1.96 bits per heavy atom. The Labute approximate surface area is 141 Å². The van der Waals surface area contributed by atoms with Crippen molar-refractivity contribution in [2.45, 2.75) is 13.5 Å². The van der Waals surface area contributed by atoms with E-state index in [9.17, 15) is 9.59 Å². The Morgan fingerprint density at radius 3 is 2.70 bits per heavy atom. The number of carbonyl (C=O) groups is 2. The van der Waals surface area contributed by atoms with E-state index in [4.69, 9.17) is 0 Å². The first-order valence-electron chi connectivity index (χ1n) is 7.04. The molecule has 0 fully saturated rings. The highest BCUT2D eigenvalue weighted by Crippen LogP contribution is 2.30. The SMILES string of the molecule is Cc1c(Br)c2ccccc2n1CC(=O)NNC(=O)c1ccc[nH]1. The number of rotatable bonds is 3. The van der Waals surface area contributed by atoms with Crippen LogP contribution in [0.1, 0.15) is 16.2 Å². The molecule has 2 aromatic heterocycles. The van der Waals surface area contributed by atoms with Crippen molar-refractivity contribution in [3.63, 3.8) is 0 Å². The second-order valence-corrected chi connectivity index (χ2v) is 5.88. The number of amides is 2. The molecule has 3 N–H and O–H groups in total. The molecule has 0 unspecified atom stereocenters. The first-order valence-corrected chi connectivity index (χ1v) is 7.83. The van der Waals surface area contributed by atoms with Crippen molar-refractivity contribution >= 4 is 38.6 Å². The fourth-order valence-electron chi connectivity index (χ4n) is 2.44. The van der Waals surface area contributed by atoms with Gasteiger partial charge in [0.15, 0.2) is 0 Å². The van der Waals surface area contributed by atoms with Gasteiger partial charge in [-0.25, -0.2) is 0 Å². The Bertz CT molecular complexity index is 868. The minimum atomic E-state index is -0.390. The number of nitrogens with zero attached hydrogens (tertiary/aromatic N) is 1. The van der Waals surface area contributed by atoms with Gasteiger partial charge in [0.05, 0.1) is 0 Å². The highest BCUT2D eigenvalue weighted by atomic mass is 79.9. The van der Waals surface area contributed by atoms with Crippen LogP contribution in [0.4, 0.5) is 0 Å². The van der Waals surface area contributed by atoms with Crippen LogP contribution in [0.5, 0.6) is 0 Å². The summed E-state index contributed by atoms with van der Waals surface area (Å²) in [7, 11) is 0. The lowest BCUT2D eigenvalue weighted by Crippen LogP contribution is -2.43. The summed E-state index contributed by atoms with van der Waals surface area (Å²) in [5.74, 6) is -0.695. The number of fused-ring (bicyclic) bond motifs is 1. The summed E-state index contributed by atoms with van der Waals surface area (Å²) in [6.07, 6.45) is 1.64. The van der Waals surface area contributed by atoms with Gasteiger partial charge in [0.1, 0.15) is 12.2 Å². The van der Waals surface area contributed by atoms with E-state index in [0.29, 0.717) is 5.69 Å².